The maximum absolute atomic E-state index is 12.4. The lowest BCUT2D eigenvalue weighted by Crippen LogP contribution is -2.48. The molecular formula is C17H25ClN2O4. The first-order chi connectivity index (χ1) is 11.1. The highest BCUT2D eigenvalue weighted by atomic mass is 35.5. The van der Waals surface area contributed by atoms with E-state index in [1.165, 1.54) is 0 Å². The summed E-state index contributed by atoms with van der Waals surface area (Å²) in [5.41, 5.74) is 0.0636. The largest absolute Gasteiger partial charge is 0.447 e. The summed E-state index contributed by atoms with van der Waals surface area (Å²) in [6, 6.07) is 6.55. The van der Waals surface area contributed by atoms with Gasteiger partial charge in [-0.15, -0.1) is 11.6 Å². The minimum atomic E-state index is -0.563. The number of alkyl halides is 1. The highest BCUT2D eigenvalue weighted by molar-refractivity contribution is 6.18. The number of amides is 2. The Balaban J connectivity index is 2.79. The first-order valence-electron chi connectivity index (χ1n) is 7.76. The third-order valence-electron chi connectivity index (χ3n) is 2.97. The van der Waals surface area contributed by atoms with E-state index in [4.69, 9.17) is 21.1 Å². The zero-order valence-electron chi connectivity index (χ0n) is 14.8. The third kappa shape index (κ3) is 6.66. The van der Waals surface area contributed by atoms with Crippen molar-refractivity contribution >= 4 is 29.5 Å². The van der Waals surface area contributed by atoms with Gasteiger partial charge in [0.1, 0.15) is 5.75 Å². The van der Waals surface area contributed by atoms with Gasteiger partial charge >= 0.3 is 12.2 Å². The summed E-state index contributed by atoms with van der Waals surface area (Å²) in [5, 5.41) is 2.58. The molecule has 0 fully saturated rings. The minimum Gasteiger partial charge on any atom is -0.447 e. The fourth-order valence-electron chi connectivity index (χ4n) is 1.94. The topological polar surface area (TPSA) is 67.9 Å². The molecule has 134 valence electrons. The third-order valence-corrected chi connectivity index (χ3v) is 3.14. The number of rotatable bonds is 5. The van der Waals surface area contributed by atoms with Crippen molar-refractivity contribution in [2.45, 2.75) is 46.3 Å². The standard InChI is InChI=1S/C17H25ClN2O4/c1-12(2)23-15(21)19-13-7-6-8-14(11-13)24-16(22)20(10-9-18)17(3,4)5/h6-8,11-12H,9-10H2,1-5H3,(H,19,21). The van der Waals surface area contributed by atoms with Gasteiger partial charge in [-0.05, 0) is 46.8 Å². The molecule has 6 nitrogen and oxygen atoms in total. The first-order valence-corrected chi connectivity index (χ1v) is 8.30. The number of nitrogens with zero attached hydrogens (tertiary/aromatic N) is 1. The lowest BCUT2D eigenvalue weighted by atomic mass is 10.1. The monoisotopic (exact) mass is 356 g/mol. The van der Waals surface area contributed by atoms with Crippen LogP contribution in [0.2, 0.25) is 0 Å². The summed E-state index contributed by atoms with van der Waals surface area (Å²) >= 11 is 5.76. The summed E-state index contributed by atoms with van der Waals surface area (Å²) in [7, 11) is 0. The molecule has 7 heteroatoms. The Morgan fingerprint density at radius 2 is 1.96 bits per heavy atom. The normalized spacial score (nSPS) is 11.1. The summed E-state index contributed by atoms with van der Waals surface area (Å²) in [4.78, 5) is 25.5. The van der Waals surface area contributed by atoms with Gasteiger partial charge in [-0.3, -0.25) is 5.32 Å². The van der Waals surface area contributed by atoms with Crippen LogP contribution in [-0.4, -0.2) is 41.2 Å². The van der Waals surface area contributed by atoms with Crippen LogP contribution in [0.1, 0.15) is 34.6 Å². The lowest BCUT2D eigenvalue weighted by Gasteiger charge is -2.34. The molecule has 0 unspecified atom stereocenters. The van der Waals surface area contributed by atoms with Crippen molar-refractivity contribution in [3.63, 3.8) is 0 Å². The SMILES string of the molecule is CC(C)OC(=O)Nc1cccc(OC(=O)N(CCCl)C(C)(C)C)c1. The molecule has 0 bridgehead atoms. The molecule has 1 rings (SSSR count). The van der Waals surface area contributed by atoms with E-state index in [0.717, 1.165) is 0 Å². The summed E-state index contributed by atoms with van der Waals surface area (Å²) in [6.45, 7) is 9.61. The number of hydrogen-bond donors (Lipinski definition) is 1. The molecule has 0 aliphatic heterocycles. The van der Waals surface area contributed by atoms with Crippen LogP contribution >= 0.6 is 11.6 Å². The molecule has 0 spiro atoms. The Labute approximate surface area is 148 Å². The second-order valence-corrected chi connectivity index (χ2v) is 6.86. The molecule has 1 aromatic carbocycles. The van der Waals surface area contributed by atoms with Crippen molar-refractivity contribution < 1.29 is 19.1 Å². The number of carbonyl (C=O) groups is 2. The molecule has 0 heterocycles. The van der Waals surface area contributed by atoms with Crippen molar-refractivity contribution in [3.05, 3.63) is 24.3 Å². The summed E-state index contributed by atoms with van der Waals surface area (Å²) in [6.07, 6.45) is -1.28. The Hall–Kier alpha value is -1.95. The van der Waals surface area contributed by atoms with Crippen molar-refractivity contribution in [1.29, 1.82) is 0 Å². The molecule has 0 radical (unpaired) electrons. The molecule has 0 atom stereocenters. The Kier molecular flexibility index (Phi) is 7.35. The van der Waals surface area contributed by atoms with E-state index in [-0.39, 0.29) is 6.10 Å². The average molecular weight is 357 g/mol. The highest BCUT2D eigenvalue weighted by Gasteiger charge is 2.27. The van der Waals surface area contributed by atoms with Crippen LogP contribution in [0, 0.1) is 0 Å². The van der Waals surface area contributed by atoms with Crippen molar-refractivity contribution in [1.82, 2.24) is 4.90 Å². The van der Waals surface area contributed by atoms with Crippen LogP contribution < -0.4 is 10.1 Å². The Bertz CT molecular complexity index is 570. The van der Waals surface area contributed by atoms with Gasteiger partial charge in [0.15, 0.2) is 0 Å². The van der Waals surface area contributed by atoms with E-state index in [1.807, 2.05) is 20.8 Å². The maximum Gasteiger partial charge on any atom is 0.415 e. The zero-order valence-corrected chi connectivity index (χ0v) is 15.5. The maximum atomic E-state index is 12.4. The first kappa shape index (κ1) is 20.1. The predicted octanol–water partition coefficient (Wildman–Crippen LogP) is 4.48. The van der Waals surface area contributed by atoms with Gasteiger partial charge in [-0.1, -0.05) is 6.07 Å². The van der Waals surface area contributed by atoms with E-state index in [9.17, 15) is 9.59 Å². The predicted molar refractivity (Wildman–Crippen MR) is 94.9 cm³/mol. The average Bonchev–Trinajstić information content (AvgIpc) is 2.42. The number of nitrogens with one attached hydrogen (secondary N) is 1. The van der Waals surface area contributed by atoms with Gasteiger partial charge in [0.2, 0.25) is 0 Å². The lowest BCUT2D eigenvalue weighted by molar-refractivity contribution is 0.111. The highest BCUT2D eigenvalue weighted by Crippen LogP contribution is 2.21. The second kappa shape index (κ2) is 8.78. The van der Waals surface area contributed by atoms with Crippen LogP contribution in [0.25, 0.3) is 0 Å². The summed E-state index contributed by atoms with van der Waals surface area (Å²) in [5.74, 6) is 0.640. The molecule has 0 saturated heterocycles. The molecule has 2 amide bonds. The van der Waals surface area contributed by atoms with Crippen LogP contribution in [0.5, 0.6) is 5.75 Å². The molecule has 1 aromatic rings. The Morgan fingerprint density at radius 3 is 2.50 bits per heavy atom. The number of anilines is 1. The van der Waals surface area contributed by atoms with E-state index >= 15 is 0 Å². The number of benzene rings is 1. The van der Waals surface area contributed by atoms with E-state index < -0.39 is 17.7 Å². The minimum absolute atomic E-state index is 0.220. The molecule has 0 aliphatic rings. The Morgan fingerprint density at radius 1 is 1.29 bits per heavy atom. The number of hydrogen-bond acceptors (Lipinski definition) is 4. The van der Waals surface area contributed by atoms with Crippen molar-refractivity contribution in [3.8, 4) is 5.75 Å². The van der Waals surface area contributed by atoms with Crippen LogP contribution in [0.4, 0.5) is 15.3 Å². The van der Waals surface area contributed by atoms with E-state index in [1.54, 1.807) is 43.0 Å². The smallest absolute Gasteiger partial charge is 0.415 e. The fraction of sp³-hybridized carbons (Fsp3) is 0.529. The quantitative estimate of drug-likeness (QED) is 0.790. The molecule has 1 N–H and O–H groups in total. The second-order valence-electron chi connectivity index (χ2n) is 6.49. The van der Waals surface area contributed by atoms with Gasteiger partial charge in [-0.25, -0.2) is 9.59 Å². The van der Waals surface area contributed by atoms with Crippen LogP contribution in [0.3, 0.4) is 0 Å². The molecule has 0 aromatic heterocycles. The van der Waals surface area contributed by atoms with E-state index in [0.29, 0.717) is 23.9 Å². The molecular weight excluding hydrogens is 332 g/mol. The number of ether oxygens (including phenoxy) is 2. The number of halogens is 1. The van der Waals surface area contributed by atoms with Crippen LogP contribution in [0.15, 0.2) is 24.3 Å². The van der Waals surface area contributed by atoms with Gasteiger partial charge in [0, 0.05) is 29.7 Å². The fourth-order valence-corrected chi connectivity index (χ4v) is 2.11. The zero-order chi connectivity index (χ0) is 18.3. The van der Waals surface area contributed by atoms with Gasteiger partial charge in [0.25, 0.3) is 0 Å². The number of carbonyl (C=O) groups excluding carboxylic acids is 2. The van der Waals surface area contributed by atoms with E-state index in [2.05, 4.69) is 5.32 Å². The molecule has 0 aliphatic carbocycles. The summed E-state index contributed by atoms with van der Waals surface area (Å²) < 4.78 is 10.4. The van der Waals surface area contributed by atoms with Gasteiger partial charge < -0.3 is 14.4 Å². The van der Waals surface area contributed by atoms with Crippen molar-refractivity contribution in [2.75, 3.05) is 17.7 Å². The van der Waals surface area contributed by atoms with Gasteiger partial charge in [0.05, 0.1) is 6.10 Å². The van der Waals surface area contributed by atoms with Gasteiger partial charge in [-0.2, -0.15) is 0 Å². The van der Waals surface area contributed by atoms with Crippen molar-refractivity contribution in [2.24, 2.45) is 0 Å². The molecule has 24 heavy (non-hydrogen) atoms. The van der Waals surface area contributed by atoms with Crippen LogP contribution in [-0.2, 0) is 4.74 Å². The molecule has 0 saturated carbocycles.